The Morgan fingerprint density at radius 2 is 1.50 bits per heavy atom. The highest BCUT2D eigenvalue weighted by molar-refractivity contribution is 6.06. The maximum atomic E-state index is 12.5. The van der Waals surface area contributed by atoms with Crippen molar-refractivity contribution < 1.29 is 38.5 Å². The van der Waals surface area contributed by atoms with Crippen LogP contribution >= 0.6 is 0 Å². The molecule has 0 spiro atoms. The van der Waals surface area contributed by atoms with Crippen molar-refractivity contribution >= 4 is 23.7 Å². The fourth-order valence-corrected chi connectivity index (χ4v) is 2.74. The Bertz CT molecular complexity index is 498. The second-order valence-electron chi connectivity index (χ2n) is 6.50. The molecule has 162 valence electrons. The first-order valence-electron chi connectivity index (χ1n) is 10.0. The van der Waals surface area contributed by atoms with Crippen LogP contribution in [0.3, 0.4) is 0 Å². The summed E-state index contributed by atoms with van der Waals surface area (Å²) >= 11 is 0. The zero-order valence-electron chi connectivity index (χ0n) is 17.5. The Balaban J connectivity index is 5.51. The zero-order valence-corrected chi connectivity index (χ0v) is 17.5. The highest BCUT2D eigenvalue weighted by Crippen LogP contribution is 2.28. The molecule has 2 unspecified atom stereocenters. The third-order valence-corrected chi connectivity index (χ3v) is 4.12. The van der Waals surface area contributed by atoms with Crippen LogP contribution in [0.4, 0.5) is 0 Å². The van der Waals surface area contributed by atoms with Gasteiger partial charge in [0.25, 0.3) is 0 Å². The molecule has 0 radical (unpaired) electrons. The molecule has 0 aliphatic carbocycles. The van der Waals surface area contributed by atoms with Crippen molar-refractivity contribution in [3.05, 3.63) is 0 Å². The van der Waals surface area contributed by atoms with Gasteiger partial charge in [-0.25, -0.2) is 4.79 Å². The SMILES string of the molecule is CCCCCCOC(=O)CC(O)(C(=O)OCC)C(C(=O)CCC)C(=O)OCC. The summed E-state index contributed by atoms with van der Waals surface area (Å²) in [5.74, 6) is -5.70. The van der Waals surface area contributed by atoms with Crippen molar-refractivity contribution in [3.8, 4) is 0 Å². The summed E-state index contributed by atoms with van der Waals surface area (Å²) in [6.45, 7) is 6.80. The quantitative estimate of drug-likeness (QED) is 0.192. The average Bonchev–Trinajstić information content (AvgIpc) is 2.62. The van der Waals surface area contributed by atoms with Gasteiger partial charge in [0, 0.05) is 6.42 Å². The molecule has 8 nitrogen and oxygen atoms in total. The second kappa shape index (κ2) is 14.1. The van der Waals surface area contributed by atoms with E-state index in [9.17, 15) is 24.3 Å². The first kappa shape index (κ1) is 26.0. The monoisotopic (exact) mass is 402 g/mol. The van der Waals surface area contributed by atoms with Crippen molar-refractivity contribution in [1.82, 2.24) is 0 Å². The van der Waals surface area contributed by atoms with E-state index >= 15 is 0 Å². The van der Waals surface area contributed by atoms with E-state index in [-0.39, 0.29) is 26.2 Å². The minimum Gasteiger partial charge on any atom is -0.466 e. The van der Waals surface area contributed by atoms with Crippen LogP contribution in [-0.2, 0) is 33.4 Å². The van der Waals surface area contributed by atoms with E-state index in [2.05, 4.69) is 0 Å². The number of carbonyl (C=O) groups is 4. The number of hydrogen-bond donors (Lipinski definition) is 1. The molecule has 0 saturated carbocycles. The Hall–Kier alpha value is -1.96. The number of rotatable bonds is 15. The van der Waals surface area contributed by atoms with Crippen LogP contribution in [0.5, 0.6) is 0 Å². The maximum Gasteiger partial charge on any atom is 0.340 e. The van der Waals surface area contributed by atoms with E-state index in [0.717, 1.165) is 19.3 Å². The Kier molecular flexibility index (Phi) is 13.1. The van der Waals surface area contributed by atoms with E-state index in [0.29, 0.717) is 12.8 Å². The second-order valence-corrected chi connectivity index (χ2v) is 6.50. The lowest BCUT2D eigenvalue weighted by molar-refractivity contribution is -0.187. The fraction of sp³-hybridized carbons (Fsp3) is 0.800. The molecule has 8 heteroatoms. The third kappa shape index (κ3) is 8.37. The van der Waals surface area contributed by atoms with Gasteiger partial charge in [0.05, 0.1) is 26.2 Å². The van der Waals surface area contributed by atoms with E-state index in [4.69, 9.17) is 14.2 Å². The summed E-state index contributed by atoms with van der Waals surface area (Å²) in [5.41, 5.74) is -2.67. The lowest BCUT2D eigenvalue weighted by Crippen LogP contribution is -2.55. The summed E-state index contributed by atoms with van der Waals surface area (Å²) in [6, 6.07) is 0. The van der Waals surface area contributed by atoms with Gasteiger partial charge < -0.3 is 19.3 Å². The summed E-state index contributed by atoms with van der Waals surface area (Å²) in [4.78, 5) is 49.5. The molecular weight excluding hydrogens is 368 g/mol. The van der Waals surface area contributed by atoms with Crippen LogP contribution in [0, 0.1) is 5.92 Å². The number of aliphatic hydroxyl groups is 1. The molecule has 0 rings (SSSR count). The molecule has 0 fully saturated rings. The van der Waals surface area contributed by atoms with Crippen LogP contribution in [0.15, 0.2) is 0 Å². The van der Waals surface area contributed by atoms with Gasteiger partial charge in [0.15, 0.2) is 17.3 Å². The number of ketones is 1. The van der Waals surface area contributed by atoms with Crippen LogP contribution in [0.2, 0.25) is 0 Å². The minimum atomic E-state index is -2.67. The van der Waals surface area contributed by atoms with Crippen LogP contribution in [0.25, 0.3) is 0 Å². The van der Waals surface area contributed by atoms with Crippen LogP contribution in [-0.4, -0.2) is 54.2 Å². The standard InChI is InChI=1S/C20H34O8/c1-5-9-10-11-13-28-16(22)14-20(25,19(24)27-8-4)17(15(21)12-6-2)18(23)26-7-3/h17,25H,5-14H2,1-4H3. The predicted octanol–water partition coefficient (Wildman–Crippen LogP) is 2.34. The largest absolute Gasteiger partial charge is 0.466 e. The van der Waals surface area contributed by atoms with Crippen molar-refractivity contribution in [2.75, 3.05) is 19.8 Å². The molecular formula is C20H34O8. The number of hydrogen-bond acceptors (Lipinski definition) is 8. The van der Waals surface area contributed by atoms with Gasteiger partial charge in [0.1, 0.15) is 0 Å². The number of ether oxygens (including phenoxy) is 3. The smallest absolute Gasteiger partial charge is 0.340 e. The minimum absolute atomic E-state index is 0.0461. The van der Waals surface area contributed by atoms with Crippen LogP contribution in [0.1, 0.15) is 72.6 Å². The lowest BCUT2D eigenvalue weighted by atomic mass is 9.80. The summed E-state index contributed by atoms with van der Waals surface area (Å²) in [6.07, 6.45) is 3.03. The zero-order chi connectivity index (χ0) is 21.6. The van der Waals surface area contributed by atoms with Crippen molar-refractivity contribution in [3.63, 3.8) is 0 Å². The normalized spacial score (nSPS) is 13.9. The first-order chi connectivity index (χ1) is 13.3. The number of Topliss-reactive ketones (excluding diaryl/α,β-unsaturated/α-hetero) is 1. The van der Waals surface area contributed by atoms with E-state index in [1.807, 2.05) is 6.92 Å². The highest BCUT2D eigenvalue weighted by atomic mass is 16.6. The van der Waals surface area contributed by atoms with Crippen molar-refractivity contribution in [2.24, 2.45) is 5.92 Å². The van der Waals surface area contributed by atoms with Gasteiger partial charge in [0.2, 0.25) is 0 Å². The fourth-order valence-electron chi connectivity index (χ4n) is 2.74. The molecule has 0 heterocycles. The predicted molar refractivity (Wildman–Crippen MR) is 101 cm³/mol. The molecule has 0 aromatic heterocycles. The average molecular weight is 402 g/mol. The van der Waals surface area contributed by atoms with Gasteiger partial charge in [-0.15, -0.1) is 0 Å². The molecule has 0 aliphatic rings. The van der Waals surface area contributed by atoms with Gasteiger partial charge in [-0.2, -0.15) is 0 Å². The van der Waals surface area contributed by atoms with Gasteiger partial charge in [-0.05, 0) is 26.7 Å². The number of unbranched alkanes of at least 4 members (excludes halogenated alkanes) is 3. The van der Waals surface area contributed by atoms with E-state index in [1.165, 1.54) is 13.8 Å². The Morgan fingerprint density at radius 1 is 0.857 bits per heavy atom. The molecule has 0 bridgehead atoms. The molecule has 0 amide bonds. The number of carbonyl (C=O) groups excluding carboxylic acids is 4. The molecule has 1 N–H and O–H groups in total. The topological polar surface area (TPSA) is 116 Å². The van der Waals surface area contributed by atoms with Gasteiger partial charge in [-0.1, -0.05) is 33.1 Å². The summed E-state index contributed by atoms with van der Waals surface area (Å²) in [7, 11) is 0. The Labute approximate surface area is 166 Å². The molecule has 28 heavy (non-hydrogen) atoms. The maximum absolute atomic E-state index is 12.5. The highest BCUT2D eigenvalue weighted by Gasteiger charge is 2.55. The molecule has 0 aromatic carbocycles. The van der Waals surface area contributed by atoms with Gasteiger partial charge >= 0.3 is 17.9 Å². The Morgan fingerprint density at radius 3 is 2.04 bits per heavy atom. The number of esters is 3. The molecule has 0 aliphatic heterocycles. The lowest BCUT2D eigenvalue weighted by Gasteiger charge is -2.30. The van der Waals surface area contributed by atoms with E-state index < -0.39 is 41.6 Å². The summed E-state index contributed by atoms with van der Waals surface area (Å²) < 4.78 is 14.8. The third-order valence-electron chi connectivity index (χ3n) is 4.12. The molecule has 0 aromatic rings. The van der Waals surface area contributed by atoms with E-state index in [1.54, 1.807) is 6.92 Å². The summed E-state index contributed by atoms with van der Waals surface area (Å²) in [5, 5.41) is 11.0. The first-order valence-corrected chi connectivity index (χ1v) is 10.0. The van der Waals surface area contributed by atoms with Crippen molar-refractivity contribution in [2.45, 2.75) is 78.2 Å². The molecule has 2 atom stereocenters. The molecule has 0 saturated heterocycles. The van der Waals surface area contributed by atoms with Crippen LogP contribution < -0.4 is 0 Å². The van der Waals surface area contributed by atoms with Gasteiger partial charge in [-0.3, -0.25) is 14.4 Å². The van der Waals surface area contributed by atoms with Crippen molar-refractivity contribution in [1.29, 1.82) is 0 Å².